The zero-order chi connectivity index (χ0) is 14.9. The first kappa shape index (κ1) is 15.3. The van der Waals surface area contributed by atoms with Crippen molar-refractivity contribution in [2.24, 2.45) is 0 Å². The summed E-state index contributed by atoms with van der Waals surface area (Å²) in [6.07, 6.45) is 0. The Bertz CT molecular complexity index is 639. The van der Waals surface area contributed by atoms with Gasteiger partial charge >= 0.3 is 0 Å². The van der Waals surface area contributed by atoms with Gasteiger partial charge < -0.3 is 5.32 Å². The molecule has 0 aliphatic carbocycles. The van der Waals surface area contributed by atoms with Crippen molar-refractivity contribution in [3.05, 3.63) is 62.3 Å². The van der Waals surface area contributed by atoms with E-state index in [0.717, 1.165) is 12.1 Å². The smallest absolute Gasteiger partial charge is 0.194 e. The molecule has 0 aromatic heterocycles. The minimum atomic E-state index is -1.50. The summed E-state index contributed by atoms with van der Waals surface area (Å²) in [4.78, 5) is 0. The summed E-state index contributed by atoms with van der Waals surface area (Å²) in [7, 11) is 0. The van der Waals surface area contributed by atoms with Gasteiger partial charge in [0.2, 0.25) is 0 Å². The molecule has 0 radical (unpaired) electrons. The lowest BCUT2D eigenvalue weighted by Gasteiger charge is -2.10. The maximum atomic E-state index is 13.1. The fraction of sp³-hybridized carbons (Fsp3) is 0.0769. The van der Waals surface area contributed by atoms with E-state index in [0.29, 0.717) is 15.7 Å². The maximum Gasteiger partial charge on any atom is 0.194 e. The van der Waals surface area contributed by atoms with Crippen LogP contribution in [0.15, 0.2) is 24.3 Å². The molecule has 0 aliphatic heterocycles. The highest BCUT2D eigenvalue weighted by molar-refractivity contribution is 6.44. The van der Waals surface area contributed by atoms with E-state index in [1.54, 1.807) is 0 Å². The predicted molar refractivity (Wildman–Crippen MR) is 75.1 cm³/mol. The Morgan fingerprint density at radius 1 is 0.800 bits per heavy atom. The number of rotatable bonds is 3. The summed E-state index contributed by atoms with van der Waals surface area (Å²) >= 11 is 17.6. The van der Waals surface area contributed by atoms with Crippen LogP contribution in [0.1, 0.15) is 5.56 Å². The Morgan fingerprint density at radius 2 is 1.35 bits per heavy atom. The molecule has 0 aliphatic rings. The van der Waals surface area contributed by atoms with Gasteiger partial charge in [-0.1, -0.05) is 34.8 Å². The van der Waals surface area contributed by atoms with Gasteiger partial charge in [0, 0.05) is 6.54 Å². The molecule has 0 fully saturated rings. The second-order valence-corrected chi connectivity index (χ2v) is 5.19. The van der Waals surface area contributed by atoms with E-state index in [9.17, 15) is 13.2 Å². The van der Waals surface area contributed by atoms with E-state index in [4.69, 9.17) is 34.8 Å². The maximum absolute atomic E-state index is 13.1. The molecular formula is C13H7Cl3F3N. The van der Waals surface area contributed by atoms with E-state index < -0.39 is 17.5 Å². The third-order valence-electron chi connectivity index (χ3n) is 2.54. The summed E-state index contributed by atoms with van der Waals surface area (Å²) in [5.74, 6) is -4.00. The van der Waals surface area contributed by atoms with Gasteiger partial charge in [-0.25, -0.2) is 13.2 Å². The fourth-order valence-electron chi connectivity index (χ4n) is 1.57. The predicted octanol–water partition coefficient (Wildman–Crippen LogP) is 5.68. The van der Waals surface area contributed by atoms with Crippen molar-refractivity contribution in [3.63, 3.8) is 0 Å². The number of anilines is 1. The molecule has 0 saturated heterocycles. The molecule has 2 rings (SSSR count). The third kappa shape index (κ3) is 3.32. The van der Waals surface area contributed by atoms with Crippen LogP contribution in [-0.2, 0) is 6.54 Å². The highest BCUT2D eigenvalue weighted by atomic mass is 35.5. The van der Waals surface area contributed by atoms with Gasteiger partial charge in [-0.15, -0.1) is 0 Å². The molecule has 0 unspecified atom stereocenters. The quantitative estimate of drug-likeness (QED) is 0.560. The highest BCUT2D eigenvalue weighted by Crippen LogP contribution is 2.32. The summed E-state index contributed by atoms with van der Waals surface area (Å²) in [6.45, 7) is 0.0474. The van der Waals surface area contributed by atoms with Gasteiger partial charge in [-0.05, 0) is 29.8 Å². The van der Waals surface area contributed by atoms with Crippen molar-refractivity contribution in [2.75, 3.05) is 5.32 Å². The molecule has 20 heavy (non-hydrogen) atoms. The molecule has 0 amide bonds. The molecule has 2 aromatic rings. The number of hydrogen-bond acceptors (Lipinski definition) is 1. The zero-order valence-electron chi connectivity index (χ0n) is 9.78. The van der Waals surface area contributed by atoms with E-state index >= 15 is 0 Å². The van der Waals surface area contributed by atoms with Gasteiger partial charge in [-0.2, -0.15) is 0 Å². The molecule has 2 aromatic carbocycles. The summed E-state index contributed by atoms with van der Waals surface area (Å²) < 4.78 is 38.9. The monoisotopic (exact) mass is 339 g/mol. The van der Waals surface area contributed by atoms with Crippen molar-refractivity contribution in [1.82, 2.24) is 0 Å². The molecule has 0 atom stereocenters. The first-order valence-corrected chi connectivity index (χ1v) is 6.53. The second-order valence-electron chi connectivity index (χ2n) is 3.97. The first-order valence-electron chi connectivity index (χ1n) is 5.40. The van der Waals surface area contributed by atoms with Gasteiger partial charge in [0.05, 0.1) is 20.8 Å². The van der Waals surface area contributed by atoms with Gasteiger partial charge in [0.1, 0.15) is 0 Å². The van der Waals surface area contributed by atoms with Crippen molar-refractivity contribution >= 4 is 40.5 Å². The van der Waals surface area contributed by atoms with Crippen LogP contribution in [0.2, 0.25) is 15.1 Å². The van der Waals surface area contributed by atoms with Gasteiger partial charge in [0.15, 0.2) is 17.5 Å². The molecule has 1 nitrogen and oxygen atoms in total. The average molecular weight is 341 g/mol. The van der Waals surface area contributed by atoms with Crippen molar-refractivity contribution < 1.29 is 13.2 Å². The Labute approximate surface area is 128 Å². The Hall–Kier alpha value is -1.10. The lowest BCUT2D eigenvalue weighted by Crippen LogP contribution is -2.03. The number of benzene rings is 2. The van der Waals surface area contributed by atoms with Crippen LogP contribution in [0.25, 0.3) is 0 Å². The minimum Gasteiger partial charge on any atom is -0.380 e. The van der Waals surface area contributed by atoms with Crippen molar-refractivity contribution in [1.29, 1.82) is 0 Å². The molecule has 7 heteroatoms. The number of nitrogens with one attached hydrogen (secondary N) is 1. The molecule has 0 spiro atoms. The molecule has 1 N–H and O–H groups in total. The van der Waals surface area contributed by atoms with Crippen LogP contribution in [-0.4, -0.2) is 0 Å². The number of hydrogen-bond donors (Lipinski definition) is 1. The lowest BCUT2D eigenvalue weighted by atomic mass is 10.2. The van der Waals surface area contributed by atoms with Crippen LogP contribution in [0.4, 0.5) is 18.9 Å². The van der Waals surface area contributed by atoms with Gasteiger partial charge in [0.25, 0.3) is 0 Å². The second kappa shape index (κ2) is 6.12. The molecule has 0 heterocycles. The Kier molecular flexibility index (Phi) is 4.68. The molecule has 0 bridgehead atoms. The van der Waals surface area contributed by atoms with Crippen LogP contribution in [0.5, 0.6) is 0 Å². The molecule has 0 saturated carbocycles. The normalized spacial score (nSPS) is 10.7. The average Bonchev–Trinajstić information content (AvgIpc) is 2.38. The SMILES string of the molecule is Fc1cc(CNc2cc(Cl)c(Cl)cc2Cl)cc(F)c1F. The third-order valence-corrected chi connectivity index (χ3v) is 3.57. The van der Waals surface area contributed by atoms with E-state index in [1.165, 1.54) is 12.1 Å². The van der Waals surface area contributed by atoms with Crippen LogP contribution in [0.3, 0.4) is 0 Å². The highest BCUT2D eigenvalue weighted by Gasteiger charge is 2.11. The summed E-state index contributed by atoms with van der Waals surface area (Å²) in [6, 6.07) is 4.73. The summed E-state index contributed by atoms with van der Waals surface area (Å²) in [5, 5.41) is 3.73. The van der Waals surface area contributed by atoms with Gasteiger partial charge in [-0.3, -0.25) is 0 Å². The summed E-state index contributed by atoms with van der Waals surface area (Å²) in [5.41, 5.74) is 0.676. The van der Waals surface area contributed by atoms with Crippen LogP contribution < -0.4 is 5.32 Å². The number of halogens is 6. The van der Waals surface area contributed by atoms with Crippen LogP contribution >= 0.6 is 34.8 Å². The van der Waals surface area contributed by atoms with E-state index in [-0.39, 0.29) is 17.1 Å². The van der Waals surface area contributed by atoms with E-state index in [1.807, 2.05) is 0 Å². The minimum absolute atomic E-state index is 0.0474. The zero-order valence-corrected chi connectivity index (χ0v) is 12.1. The molecular weight excluding hydrogens is 334 g/mol. The van der Waals surface area contributed by atoms with Crippen molar-refractivity contribution in [3.8, 4) is 0 Å². The van der Waals surface area contributed by atoms with Crippen molar-refractivity contribution in [2.45, 2.75) is 6.54 Å². The first-order chi connectivity index (χ1) is 9.38. The van der Waals surface area contributed by atoms with Crippen LogP contribution in [0, 0.1) is 17.5 Å². The fourth-order valence-corrected chi connectivity index (χ4v) is 2.18. The topological polar surface area (TPSA) is 12.0 Å². The molecule has 106 valence electrons. The Balaban J connectivity index is 2.19. The standard InChI is InChI=1S/C13H7Cl3F3N/c14-7-3-9(16)12(4-8(7)15)20-5-6-1-10(17)13(19)11(18)2-6/h1-4,20H,5H2. The lowest BCUT2D eigenvalue weighted by molar-refractivity contribution is 0.445. The van der Waals surface area contributed by atoms with E-state index in [2.05, 4.69) is 5.32 Å². The largest absolute Gasteiger partial charge is 0.380 e. The Morgan fingerprint density at radius 3 is 1.95 bits per heavy atom.